The van der Waals surface area contributed by atoms with Crippen LogP contribution in [0.5, 0.6) is 0 Å². The molecule has 3 nitrogen and oxygen atoms in total. The molecule has 0 amide bonds. The van der Waals surface area contributed by atoms with E-state index >= 15 is 0 Å². The molecule has 0 bridgehead atoms. The molecule has 1 aliphatic rings. The topological polar surface area (TPSA) is 37.8 Å². The lowest BCUT2D eigenvalue weighted by Crippen LogP contribution is -1.96. The molecule has 3 aromatic rings. The molecule has 21 heavy (non-hydrogen) atoms. The number of halogens is 2. The molecule has 0 atom stereocenters. The van der Waals surface area contributed by atoms with Gasteiger partial charge in [0.1, 0.15) is 17.0 Å². The molecule has 0 aliphatic heterocycles. The Balaban J connectivity index is 1.81. The van der Waals surface area contributed by atoms with Gasteiger partial charge in [-0.3, -0.25) is 0 Å². The second-order valence-electron chi connectivity index (χ2n) is 5.01. The lowest BCUT2D eigenvalue weighted by molar-refractivity contribution is 0.917. The Bertz CT molecular complexity index is 844. The molecule has 1 aliphatic carbocycles. The molecular formula is C15H11Cl2N3S. The van der Waals surface area contributed by atoms with Crippen molar-refractivity contribution >= 4 is 56.3 Å². The van der Waals surface area contributed by atoms with E-state index in [0.29, 0.717) is 10.0 Å². The number of fused-ring (bicyclic) bond motifs is 3. The second-order valence-corrected chi connectivity index (χ2v) is 6.91. The molecule has 4 rings (SSSR count). The smallest absolute Gasteiger partial charge is 0.142 e. The maximum atomic E-state index is 6.07. The van der Waals surface area contributed by atoms with Gasteiger partial charge in [0.25, 0.3) is 0 Å². The number of thiophene rings is 1. The van der Waals surface area contributed by atoms with Crippen LogP contribution in [0.25, 0.3) is 10.2 Å². The molecule has 2 aromatic heterocycles. The van der Waals surface area contributed by atoms with Crippen molar-refractivity contribution in [2.45, 2.75) is 19.3 Å². The van der Waals surface area contributed by atoms with Crippen molar-refractivity contribution in [2.75, 3.05) is 5.32 Å². The summed E-state index contributed by atoms with van der Waals surface area (Å²) in [4.78, 5) is 11.3. The Morgan fingerprint density at radius 3 is 2.86 bits per heavy atom. The van der Waals surface area contributed by atoms with E-state index in [2.05, 4.69) is 15.3 Å². The molecule has 0 unspecified atom stereocenters. The summed E-state index contributed by atoms with van der Waals surface area (Å²) in [5, 5.41) is 5.57. The van der Waals surface area contributed by atoms with E-state index in [-0.39, 0.29) is 0 Å². The SMILES string of the molecule is Clc1ccc(Nc2ncnc3sc4c(c23)CCC4)cc1Cl. The fourth-order valence-corrected chi connectivity index (χ4v) is 4.26. The number of benzene rings is 1. The molecule has 2 heterocycles. The molecule has 6 heteroatoms. The summed E-state index contributed by atoms with van der Waals surface area (Å²) in [5.41, 5.74) is 2.28. The molecule has 0 saturated heterocycles. The van der Waals surface area contributed by atoms with Gasteiger partial charge >= 0.3 is 0 Å². The highest BCUT2D eigenvalue weighted by atomic mass is 35.5. The van der Waals surface area contributed by atoms with Crippen LogP contribution in [0.4, 0.5) is 11.5 Å². The minimum Gasteiger partial charge on any atom is -0.340 e. The highest BCUT2D eigenvalue weighted by Crippen LogP contribution is 2.40. The van der Waals surface area contributed by atoms with Gasteiger partial charge in [-0.1, -0.05) is 23.2 Å². The predicted octanol–water partition coefficient (Wildman–Crippen LogP) is 5.23. The molecule has 106 valence electrons. The van der Waals surface area contributed by atoms with Crippen molar-refractivity contribution in [3.8, 4) is 0 Å². The summed E-state index contributed by atoms with van der Waals surface area (Å²) in [7, 11) is 0. The van der Waals surface area contributed by atoms with Crippen LogP contribution >= 0.6 is 34.5 Å². The summed E-state index contributed by atoms with van der Waals surface area (Å²) < 4.78 is 0. The summed E-state index contributed by atoms with van der Waals surface area (Å²) in [6.07, 6.45) is 5.09. The Kier molecular flexibility index (Phi) is 3.25. The van der Waals surface area contributed by atoms with Crippen LogP contribution in [-0.2, 0) is 12.8 Å². The van der Waals surface area contributed by atoms with Gasteiger partial charge in [0.2, 0.25) is 0 Å². The van der Waals surface area contributed by atoms with Crippen LogP contribution < -0.4 is 5.32 Å². The van der Waals surface area contributed by atoms with Gasteiger partial charge in [0.15, 0.2) is 0 Å². The molecule has 0 radical (unpaired) electrons. The van der Waals surface area contributed by atoms with E-state index in [1.54, 1.807) is 23.7 Å². The number of nitrogens with one attached hydrogen (secondary N) is 1. The zero-order valence-electron chi connectivity index (χ0n) is 11.0. The third-order valence-corrected chi connectivity index (χ3v) is 5.62. The summed E-state index contributed by atoms with van der Waals surface area (Å²) in [6.45, 7) is 0. The van der Waals surface area contributed by atoms with Crippen LogP contribution in [0, 0.1) is 0 Å². The normalized spacial score (nSPS) is 13.6. The van der Waals surface area contributed by atoms with E-state index in [4.69, 9.17) is 23.2 Å². The maximum absolute atomic E-state index is 6.07. The van der Waals surface area contributed by atoms with Crippen LogP contribution in [0.1, 0.15) is 16.9 Å². The van der Waals surface area contributed by atoms with Gasteiger partial charge in [-0.15, -0.1) is 11.3 Å². The second kappa shape index (κ2) is 5.13. The summed E-state index contributed by atoms with van der Waals surface area (Å²) in [5.74, 6) is 0.845. The van der Waals surface area contributed by atoms with Gasteiger partial charge in [0, 0.05) is 10.6 Å². The van der Waals surface area contributed by atoms with E-state index in [0.717, 1.165) is 34.6 Å². The quantitative estimate of drug-likeness (QED) is 0.696. The van der Waals surface area contributed by atoms with Crippen LogP contribution in [-0.4, -0.2) is 9.97 Å². The van der Waals surface area contributed by atoms with Crippen molar-refractivity contribution in [3.05, 3.63) is 45.0 Å². The van der Waals surface area contributed by atoms with Crippen LogP contribution in [0.3, 0.4) is 0 Å². The highest BCUT2D eigenvalue weighted by molar-refractivity contribution is 7.19. The summed E-state index contributed by atoms with van der Waals surface area (Å²) >= 11 is 13.8. The molecular weight excluding hydrogens is 325 g/mol. The molecule has 1 aromatic carbocycles. The fourth-order valence-electron chi connectivity index (χ4n) is 2.73. The summed E-state index contributed by atoms with van der Waals surface area (Å²) in [6, 6.07) is 5.49. The third kappa shape index (κ3) is 2.27. The first-order valence-corrected chi connectivity index (χ1v) is 8.27. The zero-order valence-corrected chi connectivity index (χ0v) is 13.3. The molecule has 1 N–H and O–H groups in total. The largest absolute Gasteiger partial charge is 0.340 e. The Hall–Kier alpha value is -1.36. The molecule has 0 fully saturated rings. The van der Waals surface area contributed by atoms with Crippen LogP contribution in [0.2, 0.25) is 10.0 Å². The number of nitrogens with zero attached hydrogens (tertiary/aromatic N) is 2. The lowest BCUT2D eigenvalue weighted by Gasteiger charge is -2.08. The number of aryl methyl sites for hydroxylation is 2. The van der Waals surface area contributed by atoms with Crippen molar-refractivity contribution < 1.29 is 0 Å². The number of rotatable bonds is 2. The number of hydrogen-bond donors (Lipinski definition) is 1. The average Bonchev–Trinajstić information content (AvgIpc) is 3.03. The minimum absolute atomic E-state index is 0.530. The molecule has 0 saturated carbocycles. The van der Waals surface area contributed by atoms with Crippen molar-refractivity contribution in [1.29, 1.82) is 0 Å². The Labute approximate surface area is 135 Å². The first-order valence-electron chi connectivity index (χ1n) is 6.69. The van der Waals surface area contributed by atoms with Gasteiger partial charge < -0.3 is 5.32 Å². The van der Waals surface area contributed by atoms with Gasteiger partial charge in [0.05, 0.1) is 15.4 Å². The van der Waals surface area contributed by atoms with Crippen molar-refractivity contribution in [1.82, 2.24) is 9.97 Å². The predicted molar refractivity (Wildman–Crippen MR) is 89.2 cm³/mol. The van der Waals surface area contributed by atoms with Gasteiger partial charge in [-0.2, -0.15) is 0 Å². The first kappa shape index (κ1) is 13.3. The average molecular weight is 336 g/mol. The molecule has 0 spiro atoms. The van der Waals surface area contributed by atoms with E-state index in [9.17, 15) is 0 Å². The van der Waals surface area contributed by atoms with E-state index in [1.807, 2.05) is 12.1 Å². The lowest BCUT2D eigenvalue weighted by atomic mass is 10.2. The van der Waals surface area contributed by atoms with Crippen LogP contribution in [0.15, 0.2) is 24.5 Å². The Morgan fingerprint density at radius 1 is 1.10 bits per heavy atom. The van der Waals surface area contributed by atoms with Gasteiger partial charge in [-0.25, -0.2) is 9.97 Å². The maximum Gasteiger partial charge on any atom is 0.142 e. The highest BCUT2D eigenvalue weighted by Gasteiger charge is 2.21. The van der Waals surface area contributed by atoms with E-state index in [1.165, 1.54) is 16.9 Å². The number of hydrogen-bond acceptors (Lipinski definition) is 4. The zero-order chi connectivity index (χ0) is 14.4. The monoisotopic (exact) mass is 335 g/mol. The van der Waals surface area contributed by atoms with Gasteiger partial charge in [-0.05, 0) is 43.0 Å². The first-order chi connectivity index (χ1) is 10.2. The number of anilines is 2. The third-order valence-electron chi connectivity index (χ3n) is 3.68. The van der Waals surface area contributed by atoms with E-state index < -0.39 is 0 Å². The number of aromatic nitrogens is 2. The Morgan fingerprint density at radius 2 is 2.00 bits per heavy atom. The standard InChI is InChI=1S/C15H11Cl2N3S/c16-10-5-4-8(6-11(10)17)20-14-13-9-2-1-3-12(9)21-15(13)19-7-18-14/h4-7H,1-3H2,(H,18,19,20). The minimum atomic E-state index is 0.530. The van der Waals surface area contributed by atoms with Crippen molar-refractivity contribution in [3.63, 3.8) is 0 Å². The van der Waals surface area contributed by atoms with Crippen molar-refractivity contribution in [2.24, 2.45) is 0 Å². The fraction of sp³-hybridized carbons (Fsp3) is 0.200.